The van der Waals surface area contributed by atoms with Gasteiger partial charge in [0.2, 0.25) is 0 Å². The number of anilines is 1. The number of aryl methyl sites for hydroxylation is 3. The topological polar surface area (TPSA) is 73.6 Å². The Balaban J connectivity index is 1.62. The van der Waals surface area contributed by atoms with Crippen molar-refractivity contribution in [2.45, 2.75) is 33.7 Å². The molecule has 0 spiro atoms. The average molecular weight is 382 g/mol. The molecule has 0 fully saturated rings. The number of carbonyl (C=O) groups excluding carboxylic acids is 1. The van der Waals surface area contributed by atoms with E-state index < -0.39 is 6.04 Å². The van der Waals surface area contributed by atoms with E-state index in [1.807, 2.05) is 32.0 Å². The normalized spacial score (nSPS) is 17.6. The zero-order chi connectivity index (χ0) is 20.1. The van der Waals surface area contributed by atoms with Gasteiger partial charge in [-0.2, -0.15) is 4.39 Å². The fourth-order valence-corrected chi connectivity index (χ4v) is 3.22. The Morgan fingerprint density at radius 2 is 1.79 bits per heavy atom. The predicted octanol–water partition coefficient (Wildman–Crippen LogP) is 4.93. The molecule has 0 radical (unpaired) electrons. The van der Waals surface area contributed by atoms with Crippen LogP contribution in [0.2, 0.25) is 0 Å². The van der Waals surface area contributed by atoms with Crippen LogP contribution in [-0.4, -0.2) is 17.1 Å². The maximum absolute atomic E-state index is 14.0. The first-order valence-corrected chi connectivity index (χ1v) is 8.78. The number of rotatable bonds is 3. The number of fused-ring (bicyclic) bond motifs is 1. The second-order valence-corrected chi connectivity index (χ2v) is 6.95. The van der Waals surface area contributed by atoms with Gasteiger partial charge in [0.15, 0.2) is 11.5 Å². The van der Waals surface area contributed by atoms with Gasteiger partial charge in [0, 0.05) is 12.6 Å². The molecule has 1 N–H and O–H groups in total. The lowest BCUT2D eigenvalue weighted by Gasteiger charge is -2.12. The van der Waals surface area contributed by atoms with E-state index in [-0.39, 0.29) is 5.91 Å². The Labute approximate surface area is 161 Å². The minimum absolute atomic E-state index is 0.281. The van der Waals surface area contributed by atoms with Gasteiger partial charge < -0.3 is 19.3 Å². The van der Waals surface area contributed by atoms with Crippen LogP contribution in [0.3, 0.4) is 0 Å². The molecule has 1 aromatic heterocycles. The highest BCUT2D eigenvalue weighted by Gasteiger charge is 2.37. The van der Waals surface area contributed by atoms with Crippen LogP contribution in [0.15, 0.2) is 41.1 Å². The number of carbonyl (C=O) groups is 1. The summed E-state index contributed by atoms with van der Waals surface area (Å²) < 4.78 is 29.1. The summed E-state index contributed by atoms with van der Waals surface area (Å²) >= 11 is 0. The minimum atomic E-state index is -2.16. The van der Waals surface area contributed by atoms with Crippen molar-refractivity contribution >= 4 is 11.6 Å². The molecule has 1 unspecified atom stereocenters. The lowest BCUT2D eigenvalue weighted by molar-refractivity contribution is -0.173. The molecular formula is C21H19FN2O4. The van der Waals surface area contributed by atoms with Gasteiger partial charge in [-0.05, 0) is 67.3 Å². The van der Waals surface area contributed by atoms with Gasteiger partial charge in [0.05, 0.1) is 5.69 Å². The number of benzene rings is 2. The number of hydrogen-bond donors (Lipinski definition) is 1. The number of amides is 1. The van der Waals surface area contributed by atoms with E-state index in [0.29, 0.717) is 28.4 Å². The van der Waals surface area contributed by atoms with Crippen LogP contribution in [0.1, 0.15) is 34.1 Å². The van der Waals surface area contributed by atoms with Gasteiger partial charge in [-0.3, -0.25) is 4.79 Å². The molecule has 2 aromatic carbocycles. The molecule has 7 heteroatoms. The third kappa shape index (κ3) is 3.19. The number of nitrogens with one attached hydrogen (secondary N) is 1. The molecule has 1 atom stereocenters. The van der Waals surface area contributed by atoms with E-state index in [1.165, 1.54) is 13.2 Å². The van der Waals surface area contributed by atoms with E-state index in [9.17, 15) is 9.18 Å². The summed E-state index contributed by atoms with van der Waals surface area (Å²) in [6.07, 6.45) is 1.32. The lowest BCUT2D eigenvalue weighted by atomic mass is 9.97. The summed E-state index contributed by atoms with van der Waals surface area (Å²) in [5, 5.41) is 6.59. The SMILES string of the molecule is Cc1cc(-c2cc3c(cc2C)OC(C)(F)O3)ccc1NC(=O)c1conc1C. The zero-order valence-electron chi connectivity index (χ0n) is 15.9. The molecule has 0 saturated carbocycles. The first-order valence-electron chi connectivity index (χ1n) is 8.78. The van der Waals surface area contributed by atoms with Crippen molar-refractivity contribution in [2.75, 3.05) is 5.32 Å². The standard InChI is InChI=1S/C21H19FN2O4/c1-11-8-18-19(28-21(4,22)27-18)9-15(11)14-5-6-17(12(2)7-14)23-20(25)16-10-26-24-13(16)3/h5-10H,1-4H3,(H,23,25). The summed E-state index contributed by atoms with van der Waals surface area (Å²) in [6.45, 7) is 6.76. The molecule has 144 valence electrons. The highest BCUT2D eigenvalue weighted by Crippen LogP contribution is 2.44. The van der Waals surface area contributed by atoms with Crippen LogP contribution in [0.4, 0.5) is 10.1 Å². The lowest BCUT2D eigenvalue weighted by Crippen LogP contribution is -2.27. The van der Waals surface area contributed by atoms with Gasteiger partial charge in [0.1, 0.15) is 11.8 Å². The largest absolute Gasteiger partial charge is 0.423 e. The minimum Gasteiger partial charge on any atom is -0.423 e. The number of alkyl halides is 1. The number of hydrogen-bond acceptors (Lipinski definition) is 5. The molecule has 3 aromatic rings. The van der Waals surface area contributed by atoms with Gasteiger partial charge in [-0.1, -0.05) is 11.2 Å². The molecule has 6 nitrogen and oxygen atoms in total. The first-order chi connectivity index (χ1) is 13.2. The third-order valence-corrected chi connectivity index (χ3v) is 4.66. The molecule has 0 aliphatic carbocycles. The van der Waals surface area contributed by atoms with Gasteiger partial charge >= 0.3 is 6.04 Å². The predicted molar refractivity (Wildman–Crippen MR) is 101 cm³/mol. The maximum Gasteiger partial charge on any atom is 0.404 e. The van der Waals surface area contributed by atoms with E-state index in [1.54, 1.807) is 19.1 Å². The van der Waals surface area contributed by atoms with Crippen molar-refractivity contribution in [3.05, 3.63) is 59.0 Å². The number of halogens is 1. The van der Waals surface area contributed by atoms with E-state index in [4.69, 9.17) is 14.0 Å². The molecule has 1 amide bonds. The zero-order valence-corrected chi connectivity index (χ0v) is 15.9. The number of ether oxygens (including phenoxy) is 2. The third-order valence-electron chi connectivity index (χ3n) is 4.66. The first kappa shape index (κ1) is 18.0. The second kappa shape index (κ2) is 6.37. The summed E-state index contributed by atoms with van der Waals surface area (Å²) in [5.41, 5.74) is 5.24. The Kier molecular flexibility index (Phi) is 4.10. The van der Waals surface area contributed by atoms with Crippen molar-refractivity contribution in [3.8, 4) is 22.6 Å². The van der Waals surface area contributed by atoms with Gasteiger partial charge in [-0.15, -0.1) is 0 Å². The number of nitrogens with zero attached hydrogens (tertiary/aromatic N) is 1. The van der Waals surface area contributed by atoms with E-state index >= 15 is 0 Å². The van der Waals surface area contributed by atoms with Crippen LogP contribution in [0.5, 0.6) is 11.5 Å². The van der Waals surface area contributed by atoms with Crippen LogP contribution in [0.25, 0.3) is 11.1 Å². The maximum atomic E-state index is 14.0. The summed E-state index contributed by atoms with van der Waals surface area (Å²) in [4.78, 5) is 12.4. The smallest absolute Gasteiger partial charge is 0.404 e. The van der Waals surface area contributed by atoms with Gasteiger partial charge in [-0.25, -0.2) is 0 Å². The summed E-state index contributed by atoms with van der Waals surface area (Å²) in [7, 11) is 0. The van der Waals surface area contributed by atoms with Crippen molar-refractivity contribution in [2.24, 2.45) is 0 Å². The fourth-order valence-electron chi connectivity index (χ4n) is 3.22. The van der Waals surface area contributed by atoms with Crippen LogP contribution in [0, 0.1) is 20.8 Å². The Bertz CT molecular complexity index is 1090. The summed E-state index contributed by atoms with van der Waals surface area (Å²) in [5.74, 6) is 0.468. The van der Waals surface area contributed by atoms with Crippen molar-refractivity contribution < 1.29 is 23.2 Å². The molecule has 2 heterocycles. The highest BCUT2D eigenvalue weighted by molar-refractivity contribution is 6.05. The Morgan fingerprint density at radius 3 is 2.43 bits per heavy atom. The molecule has 4 rings (SSSR count). The van der Waals surface area contributed by atoms with Gasteiger partial charge in [0.25, 0.3) is 5.91 Å². The average Bonchev–Trinajstić information content (AvgIpc) is 3.17. The molecule has 1 aliphatic rings. The summed E-state index contributed by atoms with van der Waals surface area (Å²) in [6, 6.07) is 7.04. The van der Waals surface area contributed by atoms with E-state index in [2.05, 4.69) is 10.5 Å². The fraction of sp³-hybridized carbons (Fsp3) is 0.238. The van der Waals surface area contributed by atoms with Crippen LogP contribution in [-0.2, 0) is 0 Å². The van der Waals surface area contributed by atoms with Crippen molar-refractivity contribution in [3.63, 3.8) is 0 Å². The van der Waals surface area contributed by atoms with E-state index in [0.717, 1.165) is 22.3 Å². The molecule has 0 bridgehead atoms. The van der Waals surface area contributed by atoms with Crippen molar-refractivity contribution in [1.82, 2.24) is 5.16 Å². The molecular weight excluding hydrogens is 363 g/mol. The Morgan fingerprint density at radius 1 is 1.07 bits per heavy atom. The number of aromatic nitrogens is 1. The van der Waals surface area contributed by atoms with Crippen LogP contribution >= 0.6 is 0 Å². The Hall–Kier alpha value is -3.35. The molecule has 28 heavy (non-hydrogen) atoms. The van der Waals surface area contributed by atoms with Crippen LogP contribution < -0.4 is 14.8 Å². The molecule has 0 saturated heterocycles. The quantitative estimate of drug-likeness (QED) is 0.695. The highest BCUT2D eigenvalue weighted by atomic mass is 19.2. The monoisotopic (exact) mass is 382 g/mol. The van der Waals surface area contributed by atoms with Crippen molar-refractivity contribution in [1.29, 1.82) is 0 Å². The molecule has 1 aliphatic heterocycles. The second-order valence-electron chi connectivity index (χ2n) is 6.95.